The van der Waals surface area contributed by atoms with Crippen LogP contribution >= 0.6 is 0 Å². The average molecular weight is 298 g/mol. The third-order valence-corrected chi connectivity index (χ3v) is 6.01. The molecule has 1 saturated heterocycles. The molecule has 0 radical (unpaired) electrons. The molecule has 0 unspecified atom stereocenters. The molecule has 0 aromatic heterocycles. The highest BCUT2D eigenvalue weighted by molar-refractivity contribution is 7.89. The van der Waals surface area contributed by atoms with Gasteiger partial charge in [0.25, 0.3) is 0 Å². The van der Waals surface area contributed by atoms with Crippen LogP contribution in [0.15, 0.2) is 23.1 Å². The Balaban J connectivity index is 2.51. The zero-order valence-electron chi connectivity index (χ0n) is 12.2. The molecule has 112 valence electrons. The number of benzene rings is 1. The number of nitrogen functional groups attached to an aromatic ring is 1. The van der Waals surface area contributed by atoms with E-state index in [1.807, 2.05) is 13.8 Å². The van der Waals surface area contributed by atoms with Crippen molar-refractivity contribution in [3.8, 4) is 5.75 Å². The van der Waals surface area contributed by atoms with Gasteiger partial charge >= 0.3 is 0 Å². The van der Waals surface area contributed by atoms with Crippen LogP contribution in [-0.2, 0) is 10.0 Å². The third kappa shape index (κ3) is 2.62. The van der Waals surface area contributed by atoms with E-state index in [0.717, 1.165) is 19.3 Å². The van der Waals surface area contributed by atoms with E-state index in [1.165, 1.54) is 13.2 Å². The number of nitrogens with zero attached hydrogens (tertiary/aromatic N) is 1. The summed E-state index contributed by atoms with van der Waals surface area (Å²) in [6, 6.07) is 4.70. The molecule has 1 fully saturated rings. The standard InChI is InChI=1S/C14H22N2O3S/c1-10-5-4-6-11(2)16(10)20(17,18)14-9-12(15)7-8-13(14)19-3/h7-11H,4-6,15H2,1-3H3/t10-,11+. The zero-order chi connectivity index (χ0) is 14.9. The van der Waals surface area contributed by atoms with Gasteiger partial charge in [0, 0.05) is 17.8 Å². The Labute approximate surface area is 120 Å². The lowest BCUT2D eigenvalue weighted by Gasteiger charge is -2.37. The number of nitrogens with two attached hydrogens (primary N) is 1. The Morgan fingerprint density at radius 1 is 1.25 bits per heavy atom. The minimum Gasteiger partial charge on any atom is -0.495 e. The summed E-state index contributed by atoms with van der Waals surface area (Å²) in [7, 11) is -2.13. The van der Waals surface area contributed by atoms with Gasteiger partial charge in [-0.2, -0.15) is 4.31 Å². The minimum absolute atomic E-state index is 0.00473. The number of methoxy groups -OCH3 is 1. The first-order valence-corrected chi connectivity index (χ1v) is 8.29. The van der Waals surface area contributed by atoms with Gasteiger partial charge in [-0.15, -0.1) is 0 Å². The van der Waals surface area contributed by atoms with E-state index >= 15 is 0 Å². The molecular formula is C14H22N2O3S. The average Bonchev–Trinajstić information content (AvgIpc) is 2.38. The Kier molecular flexibility index (Phi) is 4.25. The van der Waals surface area contributed by atoms with Crippen LogP contribution in [0.1, 0.15) is 33.1 Å². The van der Waals surface area contributed by atoms with Gasteiger partial charge in [-0.1, -0.05) is 6.42 Å². The fourth-order valence-corrected chi connectivity index (χ4v) is 4.96. The normalized spacial score (nSPS) is 24.6. The molecule has 5 nitrogen and oxygen atoms in total. The molecule has 0 saturated carbocycles. The maximum Gasteiger partial charge on any atom is 0.247 e. The SMILES string of the molecule is COc1ccc(N)cc1S(=O)(=O)N1[C@H](C)CCC[C@@H]1C. The van der Waals surface area contributed by atoms with E-state index in [-0.39, 0.29) is 17.0 Å². The van der Waals surface area contributed by atoms with E-state index in [4.69, 9.17) is 10.5 Å². The number of rotatable bonds is 3. The van der Waals surface area contributed by atoms with E-state index in [0.29, 0.717) is 11.4 Å². The quantitative estimate of drug-likeness (QED) is 0.869. The smallest absolute Gasteiger partial charge is 0.247 e. The van der Waals surface area contributed by atoms with Crippen molar-refractivity contribution in [2.45, 2.75) is 50.1 Å². The summed E-state index contributed by atoms with van der Waals surface area (Å²) in [4.78, 5) is 0.153. The molecule has 0 spiro atoms. The van der Waals surface area contributed by atoms with Gasteiger partial charge in [-0.3, -0.25) is 0 Å². The predicted molar refractivity (Wildman–Crippen MR) is 79.2 cm³/mol. The van der Waals surface area contributed by atoms with Crippen molar-refractivity contribution in [2.24, 2.45) is 0 Å². The highest BCUT2D eigenvalue weighted by atomic mass is 32.2. The second-order valence-corrected chi connectivity index (χ2v) is 7.19. The fraction of sp³-hybridized carbons (Fsp3) is 0.571. The zero-order valence-corrected chi connectivity index (χ0v) is 13.0. The Morgan fingerprint density at radius 3 is 2.40 bits per heavy atom. The van der Waals surface area contributed by atoms with Crippen molar-refractivity contribution >= 4 is 15.7 Å². The van der Waals surface area contributed by atoms with E-state index < -0.39 is 10.0 Å². The van der Waals surface area contributed by atoms with Gasteiger partial charge in [0.05, 0.1) is 7.11 Å². The molecule has 1 aromatic carbocycles. The topological polar surface area (TPSA) is 72.6 Å². The molecular weight excluding hydrogens is 276 g/mol. The first-order valence-electron chi connectivity index (χ1n) is 6.85. The van der Waals surface area contributed by atoms with Crippen LogP contribution in [0.4, 0.5) is 5.69 Å². The maximum atomic E-state index is 12.9. The molecule has 6 heteroatoms. The maximum absolute atomic E-state index is 12.9. The monoisotopic (exact) mass is 298 g/mol. The molecule has 2 rings (SSSR count). The molecule has 0 amide bonds. The lowest BCUT2D eigenvalue weighted by Crippen LogP contribution is -2.47. The molecule has 20 heavy (non-hydrogen) atoms. The van der Waals surface area contributed by atoms with Crippen LogP contribution in [0.5, 0.6) is 5.75 Å². The van der Waals surface area contributed by atoms with Crippen molar-refractivity contribution in [2.75, 3.05) is 12.8 Å². The van der Waals surface area contributed by atoms with Gasteiger partial charge in [0.1, 0.15) is 10.6 Å². The number of anilines is 1. The first kappa shape index (κ1) is 15.1. The van der Waals surface area contributed by atoms with Crippen molar-refractivity contribution in [1.82, 2.24) is 4.31 Å². The Hall–Kier alpha value is -1.27. The van der Waals surface area contributed by atoms with Crippen LogP contribution in [0, 0.1) is 0 Å². The van der Waals surface area contributed by atoms with Crippen LogP contribution < -0.4 is 10.5 Å². The van der Waals surface area contributed by atoms with Crippen LogP contribution in [0.2, 0.25) is 0 Å². The predicted octanol–water partition coefficient (Wildman–Crippen LogP) is 2.23. The summed E-state index contributed by atoms with van der Waals surface area (Å²) in [5, 5.41) is 0. The molecule has 0 aliphatic carbocycles. The molecule has 0 bridgehead atoms. The number of sulfonamides is 1. The summed E-state index contributed by atoms with van der Waals surface area (Å²) in [5.41, 5.74) is 6.16. The molecule has 2 N–H and O–H groups in total. The highest BCUT2D eigenvalue weighted by Gasteiger charge is 2.37. The van der Waals surface area contributed by atoms with E-state index in [2.05, 4.69) is 0 Å². The Bertz CT molecular complexity index is 576. The molecule has 1 heterocycles. The van der Waals surface area contributed by atoms with Crippen molar-refractivity contribution in [3.05, 3.63) is 18.2 Å². The lowest BCUT2D eigenvalue weighted by atomic mass is 10.0. The third-order valence-electron chi connectivity index (χ3n) is 3.86. The van der Waals surface area contributed by atoms with Crippen molar-refractivity contribution in [1.29, 1.82) is 0 Å². The Morgan fingerprint density at radius 2 is 1.85 bits per heavy atom. The fourth-order valence-electron chi connectivity index (χ4n) is 2.88. The number of hydrogen-bond donors (Lipinski definition) is 1. The molecule has 1 aliphatic rings. The van der Waals surface area contributed by atoms with Crippen LogP contribution in [0.3, 0.4) is 0 Å². The van der Waals surface area contributed by atoms with Gasteiger partial charge in [0.2, 0.25) is 10.0 Å². The van der Waals surface area contributed by atoms with Crippen molar-refractivity contribution < 1.29 is 13.2 Å². The van der Waals surface area contributed by atoms with Crippen LogP contribution in [-0.4, -0.2) is 31.9 Å². The first-order chi connectivity index (χ1) is 9.37. The lowest BCUT2D eigenvalue weighted by molar-refractivity contribution is 0.203. The molecule has 1 aliphatic heterocycles. The number of hydrogen-bond acceptors (Lipinski definition) is 4. The van der Waals surface area contributed by atoms with E-state index in [9.17, 15) is 8.42 Å². The van der Waals surface area contributed by atoms with Crippen LogP contribution in [0.25, 0.3) is 0 Å². The minimum atomic E-state index is -3.60. The number of piperidine rings is 1. The number of ether oxygens (including phenoxy) is 1. The molecule has 2 atom stereocenters. The second-order valence-electron chi connectivity index (χ2n) is 5.37. The highest BCUT2D eigenvalue weighted by Crippen LogP contribution is 2.34. The summed E-state index contributed by atoms with van der Waals surface area (Å²) in [5.74, 6) is 0.337. The summed E-state index contributed by atoms with van der Waals surface area (Å²) < 4.78 is 32.6. The summed E-state index contributed by atoms with van der Waals surface area (Å²) >= 11 is 0. The van der Waals surface area contributed by atoms with Gasteiger partial charge < -0.3 is 10.5 Å². The van der Waals surface area contributed by atoms with Crippen molar-refractivity contribution in [3.63, 3.8) is 0 Å². The molecule has 1 aromatic rings. The van der Waals surface area contributed by atoms with Gasteiger partial charge in [0.15, 0.2) is 0 Å². The summed E-state index contributed by atoms with van der Waals surface area (Å²) in [6.07, 6.45) is 2.82. The van der Waals surface area contributed by atoms with E-state index in [1.54, 1.807) is 16.4 Å². The second kappa shape index (κ2) is 5.61. The van der Waals surface area contributed by atoms with Gasteiger partial charge in [-0.25, -0.2) is 8.42 Å². The summed E-state index contributed by atoms with van der Waals surface area (Å²) in [6.45, 7) is 3.90. The largest absolute Gasteiger partial charge is 0.495 e. The van der Waals surface area contributed by atoms with Gasteiger partial charge in [-0.05, 0) is 44.9 Å².